The Labute approximate surface area is 118 Å². The van der Waals surface area contributed by atoms with Gasteiger partial charge in [-0.2, -0.15) is 0 Å². The molecule has 0 atom stereocenters. The van der Waals surface area contributed by atoms with Crippen LogP contribution in [0.25, 0.3) is 0 Å². The van der Waals surface area contributed by atoms with Crippen molar-refractivity contribution in [2.45, 2.75) is 16.7 Å². The maximum absolute atomic E-state index is 11.9. The summed E-state index contributed by atoms with van der Waals surface area (Å²) in [7, 11) is -7.28. The van der Waals surface area contributed by atoms with Gasteiger partial charge in [-0.15, -0.1) is 0 Å². The van der Waals surface area contributed by atoms with Crippen LogP contribution in [0.5, 0.6) is 0 Å². The van der Waals surface area contributed by atoms with Crippen molar-refractivity contribution in [3.63, 3.8) is 0 Å². The molecule has 0 aromatic heterocycles. The van der Waals surface area contributed by atoms with Gasteiger partial charge in [-0.3, -0.25) is 4.79 Å². The molecule has 0 radical (unpaired) electrons. The number of sulfone groups is 1. The smallest absolute Gasteiger partial charge is 0.240 e. The Bertz CT molecular complexity index is 695. The first-order valence-electron chi connectivity index (χ1n) is 5.67. The van der Waals surface area contributed by atoms with Gasteiger partial charge in [-0.05, 0) is 18.2 Å². The van der Waals surface area contributed by atoms with Gasteiger partial charge < -0.3 is 5.32 Å². The summed E-state index contributed by atoms with van der Waals surface area (Å²) >= 11 is 0. The van der Waals surface area contributed by atoms with Crippen LogP contribution in [-0.4, -0.2) is 42.1 Å². The Morgan fingerprint density at radius 3 is 2.25 bits per heavy atom. The summed E-state index contributed by atoms with van der Waals surface area (Å²) < 4.78 is 48.9. The van der Waals surface area contributed by atoms with Gasteiger partial charge >= 0.3 is 0 Å². The first-order chi connectivity index (χ1) is 9.13. The number of hydrogen-bond donors (Lipinski definition) is 2. The minimum atomic E-state index is -3.81. The molecule has 1 rings (SSSR count). The zero-order chi connectivity index (χ0) is 15.4. The molecule has 0 saturated heterocycles. The fourth-order valence-corrected chi connectivity index (χ4v) is 3.20. The second-order valence-electron chi connectivity index (χ2n) is 4.13. The third-order valence-corrected chi connectivity index (χ3v) is 4.90. The second kappa shape index (κ2) is 6.33. The Morgan fingerprint density at radius 1 is 1.10 bits per heavy atom. The van der Waals surface area contributed by atoms with Gasteiger partial charge in [0, 0.05) is 26.3 Å². The number of nitrogens with one attached hydrogen (secondary N) is 2. The van der Waals surface area contributed by atoms with Crippen molar-refractivity contribution in [1.82, 2.24) is 10.0 Å². The van der Waals surface area contributed by atoms with Gasteiger partial charge in [0.05, 0.1) is 9.79 Å². The lowest BCUT2D eigenvalue weighted by atomic mass is 10.4. The number of hydrogen-bond acceptors (Lipinski definition) is 5. The van der Waals surface area contributed by atoms with Gasteiger partial charge in [0.15, 0.2) is 9.84 Å². The Hall–Kier alpha value is -1.45. The summed E-state index contributed by atoms with van der Waals surface area (Å²) in [5.74, 6) is -0.261. The molecular weight excluding hydrogens is 304 g/mol. The number of rotatable bonds is 6. The largest absolute Gasteiger partial charge is 0.355 e. The van der Waals surface area contributed by atoms with Crippen LogP contribution in [0, 0.1) is 0 Å². The minimum Gasteiger partial charge on any atom is -0.355 e. The van der Waals surface area contributed by atoms with E-state index < -0.39 is 19.9 Å². The van der Waals surface area contributed by atoms with E-state index in [9.17, 15) is 21.6 Å². The summed E-state index contributed by atoms with van der Waals surface area (Å²) in [4.78, 5) is 10.4. The predicted molar refractivity (Wildman–Crippen MR) is 73.4 cm³/mol. The number of sulfonamides is 1. The van der Waals surface area contributed by atoms with E-state index in [0.29, 0.717) is 0 Å². The molecule has 1 amide bonds. The quantitative estimate of drug-likeness (QED) is 0.687. The van der Waals surface area contributed by atoms with Gasteiger partial charge in [-0.1, -0.05) is 6.07 Å². The molecule has 20 heavy (non-hydrogen) atoms. The molecule has 0 heterocycles. The van der Waals surface area contributed by atoms with E-state index in [1.165, 1.54) is 25.1 Å². The highest BCUT2D eigenvalue weighted by atomic mass is 32.2. The van der Waals surface area contributed by atoms with Crippen molar-refractivity contribution >= 4 is 25.8 Å². The van der Waals surface area contributed by atoms with E-state index in [4.69, 9.17) is 0 Å². The van der Waals surface area contributed by atoms with Crippen LogP contribution in [0.15, 0.2) is 34.1 Å². The lowest BCUT2D eigenvalue weighted by molar-refractivity contribution is -0.118. The van der Waals surface area contributed by atoms with Crippen molar-refractivity contribution in [1.29, 1.82) is 0 Å². The van der Waals surface area contributed by atoms with Crippen LogP contribution in [0.2, 0.25) is 0 Å². The van der Waals surface area contributed by atoms with Crippen molar-refractivity contribution in [2.75, 3.05) is 19.3 Å². The fraction of sp³-hybridized carbons (Fsp3) is 0.364. The average Bonchev–Trinajstić information content (AvgIpc) is 2.34. The molecule has 0 bridgehead atoms. The number of carbonyl (C=O) groups excluding carboxylic acids is 1. The van der Waals surface area contributed by atoms with Crippen molar-refractivity contribution in [3.05, 3.63) is 24.3 Å². The zero-order valence-corrected chi connectivity index (χ0v) is 12.7. The lowest BCUT2D eigenvalue weighted by Crippen LogP contribution is -2.33. The molecule has 0 spiro atoms. The molecule has 0 unspecified atom stereocenters. The van der Waals surface area contributed by atoms with Gasteiger partial charge in [0.2, 0.25) is 15.9 Å². The van der Waals surface area contributed by atoms with Crippen molar-refractivity contribution < 1.29 is 21.6 Å². The summed E-state index contributed by atoms with van der Waals surface area (Å²) in [5.41, 5.74) is 0. The summed E-state index contributed by atoms with van der Waals surface area (Å²) in [5, 5.41) is 2.44. The van der Waals surface area contributed by atoms with Crippen LogP contribution in [0.1, 0.15) is 6.92 Å². The van der Waals surface area contributed by atoms with E-state index in [1.807, 2.05) is 0 Å². The monoisotopic (exact) mass is 320 g/mol. The maximum atomic E-state index is 11.9. The molecule has 0 aliphatic rings. The Morgan fingerprint density at radius 2 is 1.70 bits per heavy atom. The lowest BCUT2D eigenvalue weighted by Gasteiger charge is -2.08. The SMILES string of the molecule is CC(=O)NCCNS(=O)(=O)c1cccc(S(C)(=O)=O)c1. The molecule has 0 saturated carbocycles. The van der Waals surface area contributed by atoms with Crippen LogP contribution in [0.4, 0.5) is 0 Å². The number of benzene rings is 1. The summed E-state index contributed by atoms with van der Waals surface area (Å²) in [6, 6.07) is 5.08. The maximum Gasteiger partial charge on any atom is 0.240 e. The first-order valence-corrected chi connectivity index (χ1v) is 9.04. The second-order valence-corrected chi connectivity index (χ2v) is 7.91. The number of carbonyl (C=O) groups is 1. The zero-order valence-electron chi connectivity index (χ0n) is 11.1. The van der Waals surface area contributed by atoms with Crippen LogP contribution >= 0.6 is 0 Å². The molecule has 9 heteroatoms. The summed E-state index contributed by atoms with van der Waals surface area (Å²) in [6.07, 6.45) is 1.00. The van der Waals surface area contributed by atoms with Gasteiger partial charge in [0.25, 0.3) is 0 Å². The third-order valence-electron chi connectivity index (χ3n) is 2.33. The molecule has 7 nitrogen and oxygen atoms in total. The molecular formula is C11H16N2O5S2. The molecule has 1 aromatic carbocycles. The first kappa shape index (κ1) is 16.6. The highest BCUT2D eigenvalue weighted by Crippen LogP contribution is 2.15. The Kier molecular flexibility index (Phi) is 5.26. The summed E-state index contributed by atoms with van der Waals surface area (Å²) in [6.45, 7) is 1.50. The van der Waals surface area contributed by atoms with Gasteiger partial charge in [-0.25, -0.2) is 21.6 Å². The van der Waals surface area contributed by atoms with Crippen LogP contribution in [-0.2, 0) is 24.7 Å². The average molecular weight is 320 g/mol. The van der Waals surface area contributed by atoms with Crippen molar-refractivity contribution in [3.8, 4) is 0 Å². The molecule has 0 aliphatic carbocycles. The van der Waals surface area contributed by atoms with Gasteiger partial charge in [0.1, 0.15) is 0 Å². The number of amides is 1. The molecule has 112 valence electrons. The molecule has 0 fully saturated rings. The van der Waals surface area contributed by atoms with E-state index in [-0.39, 0.29) is 28.8 Å². The van der Waals surface area contributed by atoms with E-state index in [0.717, 1.165) is 12.3 Å². The Balaban J connectivity index is 2.85. The molecule has 0 aliphatic heterocycles. The minimum absolute atomic E-state index is 0.0189. The fourth-order valence-electron chi connectivity index (χ4n) is 1.38. The normalized spacial score (nSPS) is 12.1. The van der Waals surface area contributed by atoms with Crippen LogP contribution in [0.3, 0.4) is 0 Å². The topological polar surface area (TPSA) is 109 Å². The van der Waals surface area contributed by atoms with E-state index in [2.05, 4.69) is 10.0 Å². The predicted octanol–water partition coefficient (Wildman–Crippen LogP) is -0.495. The molecule has 1 aromatic rings. The molecule has 2 N–H and O–H groups in total. The highest BCUT2D eigenvalue weighted by Gasteiger charge is 2.16. The highest BCUT2D eigenvalue weighted by molar-refractivity contribution is 7.91. The standard InChI is InChI=1S/C11H16N2O5S2/c1-9(14)12-6-7-13-20(17,18)11-5-3-4-10(8-11)19(2,15)16/h3-5,8,13H,6-7H2,1-2H3,(H,12,14). The van der Waals surface area contributed by atoms with Crippen molar-refractivity contribution in [2.24, 2.45) is 0 Å². The van der Waals surface area contributed by atoms with E-state index >= 15 is 0 Å². The van der Waals surface area contributed by atoms with E-state index in [1.54, 1.807) is 0 Å². The van der Waals surface area contributed by atoms with Crippen LogP contribution < -0.4 is 10.0 Å². The third kappa shape index (κ3) is 4.91.